The van der Waals surface area contributed by atoms with E-state index in [4.69, 9.17) is 10.8 Å². The van der Waals surface area contributed by atoms with E-state index < -0.39 is 73.2 Å². The first-order valence-corrected chi connectivity index (χ1v) is 11.0. The van der Waals surface area contributed by atoms with Crippen molar-refractivity contribution in [3.63, 3.8) is 0 Å². The van der Waals surface area contributed by atoms with Crippen LogP contribution in [0.1, 0.15) is 24.8 Å². The van der Waals surface area contributed by atoms with Crippen LogP contribution in [-0.4, -0.2) is 88.4 Å². The van der Waals surface area contributed by atoms with Gasteiger partial charge in [0.25, 0.3) is 0 Å². The number of carbonyl (C=O) groups excluding carboxylic acids is 4. The molecule has 13 nitrogen and oxygen atoms in total. The van der Waals surface area contributed by atoms with E-state index in [0.29, 0.717) is 12.8 Å². The van der Waals surface area contributed by atoms with Gasteiger partial charge >= 0.3 is 11.9 Å². The number of carbonyl (C=O) groups is 6. The lowest BCUT2D eigenvalue weighted by Crippen LogP contribution is -2.55. The standard InChI is InChI=1S/C22H29N5O8/c23-11-17(28)25-14(10-19(30)31)20(32)24-12-18(29)26-15(9-13-5-2-1-3-6-13)21(33)27-8-4-7-16(27)22(34)35/h1-3,5-6,14-16H,4,7-12,23H2,(H,24,32)(H,25,28)(H,26,29)(H,30,31)(H,34,35). The largest absolute Gasteiger partial charge is 0.481 e. The second kappa shape index (κ2) is 13.0. The molecule has 35 heavy (non-hydrogen) atoms. The molecular formula is C22H29N5O8. The maximum Gasteiger partial charge on any atom is 0.326 e. The zero-order chi connectivity index (χ0) is 26.0. The van der Waals surface area contributed by atoms with Crippen molar-refractivity contribution >= 4 is 35.6 Å². The lowest BCUT2D eigenvalue weighted by Gasteiger charge is -2.27. The van der Waals surface area contributed by atoms with Crippen LogP contribution in [0.15, 0.2) is 30.3 Å². The topological polar surface area (TPSA) is 208 Å². The quantitative estimate of drug-likeness (QED) is 0.188. The molecule has 1 aliphatic heterocycles. The smallest absolute Gasteiger partial charge is 0.326 e. The molecule has 0 aliphatic carbocycles. The molecule has 1 heterocycles. The van der Waals surface area contributed by atoms with Gasteiger partial charge in [-0.25, -0.2) is 4.79 Å². The predicted octanol–water partition coefficient (Wildman–Crippen LogP) is -2.18. The fourth-order valence-corrected chi connectivity index (χ4v) is 3.71. The zero-order valence-electron chi connectivity index (χ0n) is 18.9. The number of carboxylic acids is 2. The molecule has 1 aromatic carbocycles. The van der Waals surface area contributed by atoms with Gasteiger partial charge in [0, 0.05) is 13.0 Å². The van der Waals surface area contributed by atoms with Gasteiger partial charge in [0.05, 0.1) is 19.5 Å². The molecule has 1 saturated heterocycles. The molecule has 3 atom stereocenters. The lowest BCUT2D eigenvalue weighted by atomic mass is 10.0. The highest BCUT2D eigenvalue weighted by atomic mass is 16.4. The first kappa shape index (κ1) is 27.2. The molecule has 1 aliphatic rings. The van der Waals surface area contributed by atoms with Gasteiger partial charge in [-0.1, -0.05) is 30.3 Å². The van der Waals surface area contributed by atoms with Crippen molar-refractivity contribution in [2.45, 2.75) is 43.8 Å². The van der Waals surface area contributed by atoms with Crippen LogP contribution < -0.4 is 21.7 Å². The predicted molar refractivity (Wildman–Crippen MR) is 121 cm³/mol. The van der Waals surface area contributed by atoms with E-state index in [9.17, 15) is 33.9 Å². The van der Waals surface area contributed by atoms with Crippen LogP contribution in [0.5, 0.6) is 0 Å². The number of amides is 4. The highest BCUT2D eigenvalue weighted by molar-refractivity contribution is 5.95. The number of nitrogens with one attached hydrogen (secondary N) is 3. The highest BCUT2D eigenvalue weighted by Crippen LogP contribution is 2.19. The van der Waals surface area contributed by atoms with Gasteiger partial charge in [0.1, 0.15) is 18.1 Å². The van der Waals surface area contributed by atoms with E-state index in [0.717, 1.165) is 5.56 Å². The normalized spacial score (nSPS) is 16.6. The van der Waals surface area contributed by atoms with Crippen LogP contribution in [0.4, 0.5) is 0 Å². The van der Waals surface area contributed by atoms with Crippen molar-refractivity contribution < 1.29 is 39.0 Å². The molecule has 0 saturated carbocycles. The number of rotatable bonds is 12. The third-order valence-corrected chi connectivity index (χ3v) is 5.38. The van der Waals surface area contributed by atoms with Crippen LogP contribution in [0.3, 0.4) is 0 Å². The zero-order valence-corrected chi connectivity index (χ0v) is 18.9. The summed E-state index contributed by atoms with van der Waals surface area (Å²) < 4.78 is 0. The van der Waals surface area contributed by atoms with E-state index in [1.807, 2.05) is 0 Å². The van der Waals surface area contributed by atoms with E-state index in [1.165, 1.54) is 4.90 Å². The summed E-state index contributed by atoms with van der Waals surface area (Å²) in [7, 11) is 0. The number of hydrogen-bond donors (Lipinski definition) is 6. The molecule has 7 N–H and O–H groups in total. The third-order valence-electron chi connectivity index (χ3n) is 5.38. The summed E-state index contributed by atoms with van der Waals surface area (Å²) in [6.45, 7) is -0.819. The Bertz CT molecular complexity index is 954. The second-order valence-electron chi connectivity index (χ2n) is 7.98. The molecule has 1 fully saturated rings. The van der Waals surface area contributed by atoms with Crippen LogP contribution in [0.25, 0.3) is 0 Å². The minimum Gasteiger partial charge on any atom is -0.481 e. The summed E-state index contributed by atoms with van der Waals surface area (Å²) in [5.74, 6) is -5.45. The SMILES string of the molecule is NCC(=O)NC(CC(=O)O)C(=O)NCC(=O)NC(Cc1ccccc1)C(=O)N1CCCC1C(=O)O. The number of nitrogens with two attached hydrogens (primary N) is 1. The summed E-state index contributed by atoms with van der Waals surface area (Å²) in [5, 5.41) is 25.3. The molecule has 4 amide bonds. The second-order valence-corrected chi connectivity index (χ2v) is 7.98. The van der Waals surface area contributed by atoms with Crippen molar-refractivity contribution in [1.29, 1.82) is 0 Å². The summed E-state index contributed by atoms with van der Waals surface area (Å²) >= 11 is 0. The van der Waals surface area contributed by atoms with Gasteiger partial charge in [-0.2, -0.15) is 0 Å². The Labute approximate surface area is 201 Å². The monoisotopic (exact) mass is 491 g/mol. The number of hydrogen-bond acceptors (Lipinski definition) is 7. The Hall–Kier alpha value is -4.00. The lowest BCUT2D eigenvalue weighted by molar-refractivity contribution is -0.149. The minimum atomic E-state index is -1.45. The molecule has 3 unspecified atom stereocenters. The first-order valence-electron chi connectivity index (χ1n) is 11.0. The Balaban J connectivity index is 2.07. The molecule has 0 bridgehead atoms. The maximum absolute atomic E-state index is 13.2. The van der Waals surface area contributed by atoms with Gasteiger partial charge < -0.3 is 36.8 Å². The average Bonchev–Trinajstić information content (AvgIpc) is 3.32. The van der Waals surface area contributed by atoms with Crippen molar-refractivity contribution in [1.82, 2.24) is 20.9 Å². The average molecular weight is 492 g/mol. The van der Waals surface area contributed by atoms with Gasteiger partial charge in [0.15, 0.2) is 0 Å². The van der Waals surface area contributed by atoms with Crippen LogP contribution in [0, 0.1) is 0 Å². The number of aliphatic carboxylic acids is 2. The van der Waals surface area contributed by atoms with Crippen molar-refractivity contribution in [2.24, 2.45) is 5.73 Å². The summed E-state index contributed by atoms with van der Waals surface area (Å²) in [6.07, 6.45) is 0.198. The van der Waals surface area contributed by atoms with Crippen LogP contribution >= 0.6 is 0 Å². The number of benzene rings is 1. The molecule has 0 spiro atoms. The Morgan fingerprint density at radius 3 is 2.26 bits per heavy atom. The maximum atomic E-state index is 13.2. The van der Waals surface area contributed by atoms with Crippen LogP contribution in [0.2, 0.25) is 0 Å². The van der Waals surface area contributed by atoms with Crippen molar-refractivity contribution in [3.8, 4) is 0 Å². The Morgan fingerprint density at radius 1 is 1.00 bits per heavy atom. The van der Waals surface area contributed by atoms with E-state index in [-0.39, 0.29) is 13.0 Å². The molecule has 13 heteroatoms. The summed E-state index contributed by atoms with van der Waals surface area (Å²) in [4.78, 5) is 73.3. The fraction of sp³-hybridized carbons (Fsp3) is 0.455. The molecule has 0 radical (unpaired) electrons. The Kier molecular flexibility index (Phi) is 10.1. The molecule has 0 aromatic heterocycles. The molecule has 190 valence electrons. The van der Waals surface area contributed by atoms with E-state index >= 15 is 0 Å². The molecule has 1 aromatic rings. The van der Waals surface area contributed by atoms with Crippen LogP contribution in [-0.2, 0) is 35.2 Å². The molecule has 2 rings (SSSR count). The van der Waals surface area contributed by atoms with Crippen molar-refractivity contribution in [2.75, 3.05) is 19.6 Å². The van der Waals surface area contributed by atoms with Gasteiger partial charge in [-0.3, -0.25) is 24.0 Å². The first-order chi connectivity index (χ1) is 16.6. The summed E-state index contributed by atoms with van der Waals surface area (Å²) in [6, 6.07) is 5.28. The van der Waals surface area contributed by atoms with Gasteiger partial charge in [-0.15, -0.1) is 0 Å². The highest BCUT2D eigenvalue weighted by Gasteiger charge is 2.37. The minimum absolute atomic E-state index is 0.0936. The number of likely N-dealkylation sites (tertiary alicyclic amines) is 1. The van der Waals surface area contributed by atoms with E-state index in [2.05, 4.69) is 16.0 Å². The van der Waals surface area contributed by atoms with E-state index in [1.54, 1.807) is 30.3 Å². The third kappa shape index (κ3) is 8.37. The van der Waals surface area contributed by atoms with Gasteiger partial charge in [-0.05, 0) is 18.4 Å². The number of nitrogens with zero attached hydrogens (tertiary/aromatic N) is 1. The van der Waals surface area contributed by atoms with Crippen molar-refractivity contribution in [3.05, 3.63) is 35.9 Å². The number of carboxylic acid groups (broad SMARTS) is 2. The summed E-state index contributed by atoms with van der Waals surface area (Å²) in [5.41, 5.74) is 5.90. The molecular weight excluding hydrogens is 462 g/mol. The Morgan fingerprint density at radius 2 is 1.66 bits per heavy atom. The fourth-order valence-electron chi connectivity index (χ4n) is 3.71. The van der Waals surface area contributed by atoms with Gasteiger partial charge in [0.2, 0.25) is 23.6 Å².